The van der Waals surface area contributed by atoms with Crippen LogP contribution < -0.4 is 0 Å². The lowest BCUT2D eigenvalue weighted by Gasteiger charge is -2.17. The third-order valence-corrected chi connectivity index (χ3v) is 5.26. The summed E-state index contributed by atoms with van der Waals surface area (Å²) in [5, 5.41) is 0. The first kappa shape index (κ1) is 12.5. The Morgan fingerprint density at radius 1 is 1.39 bits per heavy atom. The number of hydrogen-bond donors (Lipinski definition) is 0. The van der Waals surface area contributed by atoms with Crippen LogP contribution in [0.5, 0.6) is 0 Å². The maximum Gasteiger partial charge on any atom is 0.234 e. The van der Waals surface area contributed by atoms with Crippen molar-refractivity contribution in [1.29, 1.82) is 0 Å². The molecule has 0 radical (unpaired) electrons. The summed E-state index contributed by atoms with van der Waals surface area (Å²) < 4.78 is 1.92. The minimum atomic E-state index is 0.286. The van der Waals surface area contributed by atoms with E-state index < -0.39 is 0 Å². The van der Waals surface area contributed by atoms with Crippen LogP contribution in [0.1, 0.15) is 31.7 Å². The Hall–Kier alpha value is -0.580. The fourth-order valence-corrected chi connectivity index (χ4v) is 3.57. The normalized spacial score (nSPS) is 30.0. The molecule has 1 aromatic carbocycles. The van der Waals surface area contributed by atoms with Crippen molar-refractivity contribution in [1.82, 2.24) is 3.11 Å². The van der Waals surface area contributed by atoms with E-state index in [1.165, 1.54) is 12.0 Å². The van der Waals surface area contributed by atoms with Crippen LogP contribution in [0.25, 0.3) is 0 Å². The Morgan fingerprint density at radius 3 is 2.67 bits per heavy atom. The topological polar surface area (TPSA) is 20.3 Å². The number of nitrogens with zero attached hydrogens (tertiary/aromatic N) is 1. The molecule has 2 saturated carbocycles. The van der Waals surface area contributed by atoms with E-state index in [1.807, 2.05) is 3.11 Å². The number of carbonyl (C=O) groups is 1. The van der Waals surface area contributed by atoms with E-state index in [1.54, 1.807) is 0 Å². The molecule has 18 heavy (non-hydrogen) atoms. The monoisotopic (exact) mass is 355 g/mol. The molecule has 2 fully saturated rings. The zero-order chi connectivity index (χ0) is 12.8. The van der Waals surface area contributed by atoms with Gasteiger partial charge in [-0.05, 0) is 36.2 Å². The van der Waals surface area contributed by atoms with E-state index in [0.29, 0.717) is 17.7 Å². The third-order valence-electron chi connectivity index (χ3n) is 4.39. The van der Waals surface area contributed by atoms with Gasteiger partial charge in [0.2, 0.25) is 5.91 Å². The minimum absolute atomic E-state index is 0.286. The summed E-state index contributed by atoms with van der Waals surface area (Å²) in [6.07, 6.45) is 3.40. The Morgan fingerprint density at radius 2 is 2.06 bits per heavy atom. The van der Waals surface area contributed by atoms with Crippen LogP contribution in [0.4, 0.5) is 0 Å². The van der Waals surface area contributed by atoms with Gasteiger partial charge in [0.25, 0.3) is 0 Å². The number of hydrogen-bond acceptors (Lipinski definition) is 1. The molecular weight excluding hydrogens is 337 g/mol. The number of amides is 1. The number of halogens is 1. The molecule has 0 aliphatic heterocycles. The summed E-state index contributed by atoms with van der Waals surface area (Å²) in [4.78, 5) is 11.9. The summed E-state index contributed by atoms with van der Waals surface area (Å²) in [7, 11) is 0. The molecule has 3 rings (SSSR count). The quantitative estimate of drug-likeness (QED) is 0.598. The van der Waals surface area contributed by atoms with Crippen molar-refractivity contribution in [3.8, 4) is 0 Å². The molecule has 0 spiro atoms. The molecule has 0 N–H and O–H groups in total. The van der Waals surface area contributed by atoms with Gasteiger partial charge in [0.05, 0.1) is 22.9 Å². The van der Waals surface area contributed by atoms with Gasteiger partial charge in [0.1, 0.15) is 0 Å². The van der Waals surface area contributed by atoms with Gasteiger partial charge in [-0.25, -0.2) is 0 Å². The van der Waals surface area contributed by atoms with Gasteiger partial charge in [0, 0.05) is 12.5 Å². The molecule has 2 unspecified atom stereocenters. The Balaban J connectivity index is 1.61. The Labute approximate surface area is 122 Å². The molecule has 0 bridgehead atoms. The first-order chi connectivity index (χ1) is 8.61. The average molecular weight is 355 g/mol. The predicted octanol–water partition coefficient (Wildman–Crippen LogP) is 3.55. The highest BCUT2D eigenvalue weighted by atomic mass is 127. The fourth-order valence-electron chi connectivity index (χ4n) is 2.70. The summed E-state index contributed by atoms with van der Waals surface area (Å²) in [5.41, 5.74) is 1.70. The van der Waals surface area contributed by atoms with Crippen LogP contribution in [-0.2, 0) is 10.2 Å². The fraction of sp³-hybridized carbons (Fsp3) is 0.533. The molecule has 2 atom stereocenters. The second-order valence-corrected chi connectivity index (χ2v) is 7.01. The number of benzene rings is 1. The number of carbonyl (C=O) groups excluding carboxylic acids is 1. The summed E-state index contributed by atoms with van der Waals surface area (Å²) >= 11 is 2.20. The van der Waals surface area contributed by atoms with Gasteiger partial charge < -0.3 is 0 Å². The first-order valence-electron chi connectivity index (χ1n) is 6.64. The van der Waals surface area contributed by atoms with Crippen molar-refractivity contribution in [2.75, 3.05) is 6.54 Å². The average Bonchev–Trinajstić information content (AvgIpc) is 3.28. The van der Waals surface area contributed by atoms with Crippen LogP contribution in [-0.4, -0.2) is 15.6 Å². The van der Waals surface area contributed by atoms with E-state index in [4.69, 9.17) is 0 Å². The second kappa shape index (κ2) is 4.51. The molecule has 0 heterocycles. The highest BCUT2D eigenvalue weighted by molar-refractivity contribution is 14.1. The molecule has 1 amide bonds. The molecule has 0 aromatic heterocycles. The van der Waals surface area contributed by atoms with Crippen molar-refractivity contribution in [3.63, 3.8) is 0 Å². The second-order valence-electron chi connectivity index (χ2n) is 5.84. The summed E-state index contributed by atoms with van der Waals surface area (Å²) in [6, 6.07) is 10.7. The molecule has 2 nitrogen and oxygen atoms in total. The van der Waals surface area contributed by atoms with Gasteiger partial charge in [0.15, 0.2) is 0 Å². The first-order valence-corrected chi connectivity index (χ1v) is 7.60. The summed E-state index contributed by atoms with van der Waals surface area (Å²) in [5.74, 6) is 1.31. The SMILES string of the molecule is CC1(c2ccccc2)CC1CN(I)C(=O)C1CC1. The maximum absolute atomic E-state index is 11.9. The highest BCUT2D eigenvalue weighted by Crippen LogP contribution is 2.54. The third kappa shape index (κ3) is 2.29. The molecular formula is C15H18INO. The molecule has 96 valence electrons. The van der Waals surface area contributed by atoms with E-state index in [-0.39, 0.29) is 5.41 Å². The predicted molar refractivity (Wildman–Crippen MR) is 80.4 cm³/mol. The molecule has 3 heteroatoms. The van der Waals surface area contributed by atoms with Gasteiger partial charge >= 0.3 is 0 Å². The maximum atomic E-state index is 11.9. The lowest BCUT2D eigenvalue weighted by molar-refractivity contribution is -0.126. The van der Waals surface area contributed by atoms with Crippen LogP contribution in [0.15, 0.2) is 30.3 Å². The van der Waals surface area contributed by atoms with Gasteiger partial charge in [-0.15, -0.1) is 0 Å². The van der Waals surface area contributed by atoms with Crippen molar-refractivity contribution < 1.29 is 4.79 Å². The largest absolute Gasteiger partial charge is 0.284 e. The molecule has 1 aromatic rings. The smallest absolute Gasteiger partial charge is 0.234 e. The van der Waals surface area contributed by atoms with E-state index in [2.05, 4.69) is 60.1 Å². The molecule has 2 aliphatic carbocycles. The van der Waals surface area contributed by atoms with E-state index >= 15 is 0 Å². The standard InChI is InChI=1S/C15H18INO/c1-15(12-5-3-2-4-6-12)9-13(15)10-17(16)14(18)11-7-8-11/h2-6,11,13H,7-10H2,1H3. The lowest BCUT2D eigenvalue weighted by Crippen LogP contribution is -2.26. The molecule has 0 saturated heterocycles. The number of rotatable bonds is 4. The van der Waals surface area contributed by atoms with Crippen molar-refractivity contribution in [2.45, 2.75) is 31.6 Å². The van der Waals surface area contributed by atoms with Crippen molar-refractivity contribution >= 4 is 28.8 Å². The summed E-state index contributed by atoms with van der Waals surface area (Å²) in [6.45, 7) is 3.22. The lowest BCUT2D eigenvalue weighted by atomic mass is 9.95. The van der Waals surface area contributed by atoms with Crippen molar-refractivity contribution in [2.24, 2.45) is 11.8 Å². The highest BCUT2D eigenvalue weighted by Gasteiger charge is 2.52. The van der Waals surface area contributed by atoms with Gasteiger partial charge in [-0.2, -0.15) is 0 Å². The van der Waals surface area contributed by atoms with Gasteiger partial charge in [-0.1, -0.05) is 37.3 Å². The van der Waals surface area contributed by atoms with Crippen LogP contribution in [0, 0.1) is 11.8 Å². The Bertz CT molecular complexity index is 457. The van der Waals surface area contributed by atoms with Crippen LogP contribution in [0.3, 0.4) is 0 Å². The van der Waals surface area contributed by atoms with E-state index in [9.17, 15) is 4.79 Å². The van der Waals surface area contributed by atoms with Crippen molar-refractivity contribution in [3.05, 3.63) is 35.9 Å². The zero-order valence-electron chi connectivity index (χ0n) is 10.6. The van der Waals surface area contributed by atoms with Gasteiger partial charge in [-0.3, -0.25) is 7.91 Å². The Kier molecular flexibility index (Phi) is 3.12. The van der Waals surface area contributed by atoms with Crippen LogP contribution in [0.2, 0.25) is 0 Å². The minimum Gasteiger partial charge on any atom is -0.284 e. The molecule has 2 aliphatic rings. The zero-order valence-corrected chi connectivity index (χ0v) is 12.8. The van der Waals surface area contributed by atoms with E-state index in [0.717, 1.165) is 19.4 Å². The van der Waals surface area contributed by atoms with Crippen LogP contribution >= 0.6 is 22.9 Å².